The molecule has 7 nitrogen and oxygen atoms in total. The molecule has 0 aromatic rings. The molecule has 9 heteroatoms. The van der Waals surface area contributed by atoms with Crippen LogP contribution < -0.4 is 17.6 Å². The second kappa shape index (κ2) is 13.0. The minimum atomic E-state index is -5.17. The summed E-state index contributed by atoms with van der Waals surface area (Å²) in [4.78, 5) is 0. The zero-order valence-electron chi connectivity index (χ0n) is 5.93. The summed E-state index contributed by atoms with van der Waals surface area (Å²) in [5.74, 6) is 0. The van der Waals surface area contributed by atoms with Crippen molar-refractivity contribution in [3.63, 3.8) is 0 Å². The Morgan fingerprint density at radius 2 is 1.18 bits per heavy atom. The van der Waals surface area contributed by atoms with Gasteiger partial charge in [-0.05, 0) is 0 Å². The quantitative estimate of drug-likeness (QED) is 0.283. The molecule has 0 unspecified atom stereocenters. The second-order valence-electron chi connectivity index (χ2n) is 0.986. The molecule has 0 fully saturated rings. The summed E-state index contributed by atoms with van der Waals surface area (Å²) in [5, 5.41) is 0. The van der Waals surface area contributed by atoms with E-state index in [0.29, 0.717) is 13.1 Å². The van der Waals surface area contributed by atoms with Crippen molar-refractivity contribution in [2.75, 3.05) is 13.1 Å². The van der Waals surface area contributed by atoms with Crippen LogP contribution in [0.3, 0.4) is 0 Å². The van der Waals surface area contributed by atoms with Gasteiger partial charge < -0.3 is 26.7 Å². The summed E-state index contributed by atoms with van der Waals surface area (Å²) >= 11 is 0. The Hall–Kier alpha value is 0.412. The summed E-state index contributed by atoms with van der Waals surface area (Å²) in [6.07, 6.45) is 0. The Kier molecular flexibility index (Phi) is 26.7. The normalized spacial score (nSPS) is 8.00. The number of hydrogen-bond donors (Lipinski definition) is 3. The standard InChI is InChI=1S/C2H8N2.H3N.H2O4S.Pd/c3-1-2-4;;1-5(2,3)4;/h1-4H2;1H3;(H2,1,2,3,4);/q;;;+1/p-1. The van der Waals surface area contributed by atoms with Gasteiger partial charge in [0.1, 0.15) is 0 Å². The van der Waals surface area contributed by atoms with Crippen molar-refractivity contribution in [2.45, 2.75) is 0 Å². The van der Waals surface area contributed by atoms with Gasteiger partial charge >= 0.3 is 20.4 Å². The topological polar surface area (TPSA) is 169 Å². The van der Waals surface area contributed by atoms with E-state index in [4.69, 9.17) is 29.0 Å². The van der Waals surface area contributed by atoms with E-state index in [1.165, 1.54) is 0 Å². The van der Waals surface area contributed by atoms with Crippen LogP contribution in [-0.2, 0) is 30.8 Å². The fourth-order valence-corrected chi connectivity index (χ4v) is 0. The summed E-state index contributed by atoms with van der Waals surface area (Å²) in [7, 11) is -5.17. The van der Waals surface area contributed by atoms with Gasteiger partial charge in [0, 0.05) is 23.5 Å². The summed E-state index contributed by atoms with van der Waals surface area (Å²) in [5.41, 5.74) is 9.81. The number of rotatable bonds is 1. The first-order valence-electron chi connectivity index (χ1n) is 1.98. The maximum atomic E-state index is 8.52. The Morgan fingerprint density at radius 1 is 1.09 bits per heavy atom. The van der Waals surface area contributed by atoms with Gasteiger partial charge in [-0.1, -0.05) is 0 Å². The number of nitrogens with two attached hydrogens (primary N) is 2. The maximum absolute atomic E-state index is 8.52. The molecule has 0 spiro atoms. The average Bonchev–Trinajstić information content (AvgIpc) is 1.61. The predicted octanol–water partition coefficient (Wildman–Crippen LogP) is -2.06. The average molecular weight is 281 g/mol. The van der Waals surface area contributed by atoms with E-state index < -0.39 is 10.4 Å². The fourth-order valence-electron chi connectivity index (χ4n) is 0. The van der Waals surface area contributed by atoms with E-state index in [0.717, 1.165) is 0 Å². The smallest absolute Gasteiger partial charge is 0.759 e. The minimum absolute atomic E-state index is 0. The third kappa shape index (κ3) is 369. The van der Waals surface area contributed by atoms with Crippen LogP contribution >= 0.6 is 0 Å². The molecule has 0 aliphatic carbocycles. The molecular weight excluding hydrogens is 269 g/mol. The van der Waals surface area contributed by atoms with Crippen LogP contribution in [0, 0.1) is 0 Å². The molecule has 0 heterocycles. The summed E-state index contributed by atoms with van der Waals surface area (Å²) < 4.78 is 34.1. The molecule has 0 rings (SSSR count). The third-order valence-electron chi connectivity index (χ3n) is 0.167. The largest absolute Gasteiger partial charge is 1.00 e. The van der Waals surface area contributed by atoms with Crippen LogP contribution in [0.25, 0.3) is 0 Å². The van der Waals surface area contributed by atoms with Crippen LogP contribution in [0.15, 0.2) is 0 Å². The first-order valence-corrected chi connectivity index (χ1v) is 3.32. The molecule has 0 saturated carbocycles. The van der Waals surface area contributed by atoms with Gasteiger partial charge in [-0.25, -0.2) is 0 Å². The van der Waals surface area contributed by atoms with Crippen LogP contribution in [0.5, 0.6) is 0 Å². The van der Waals surface area contributed by atoms with Gasteiger partial charge in [-0.15, -0.1) is 0 Å². The van der Waals surface area contributed by atoms with Crippen molar-refractivity contribution in [2.24, 2.45) is 11.5 Å². The molecule has 0 aliphatic heterocycles. The predicted molar refractivity (Wildman–Crippen MR) is 34.6 cm³/mol. The first kappa shape index (κ1) is 22.5. The van der Waals surface area contributed by atoms with E-state index in [-0.39, 0.29) is 26.6 Å². The molecule has 8 N–H and O–H groups in total. The van der Waals surface area contributed by atoms with Crippen molar-refractivity contribution >= 4 is 10.4 Å². The zero-order valence-corrected chi connectivity index (χ0v) is 8.30. The Morgan fingerprint density at radius 3 is 1.18 bits per heavy atom. The SMILES string of the molecule is NCCN.O=S(=O)([O-])[O-].[NH4+].[Pd+]. The van der Waals surface area contributed by atoms with Crippen molar-refractivity contribution < 1.29 is 37.9 Å². The molecule has 75 valence electrons. The van der Waals surface area contributed by atoms with E-state index in [2.05, 4.69) is 0 Å². The maximum Gasteiger partial charge on any atom is 1.00 e. The molecule has 0 aromatic heterocycles. The molecule has 0 bridgehead atoms. The Labute approximate surface area is 79.3 Å². The van der Waals surface area contributed by atoms with Gasteiger partial charge in [-0.2, -0.15) is 0 Å². The van der Waals surface area contributed by atoms with Crippen molar-refractivity contribution in [3.8, 4) is 0 Å². The molecule has 0 aromatic carbocycles. The Balaban J connectivity index is -0.0000000383. The van der Waals surface area contributed by atoms with Crippen molar-refractivity contribution in [1.29, 1.82) is 0 Å². The monoisotopic (exact) mass is 280 g/mol. The van der Waals surface area contributed by atoms with E-state index in [1.807, 2.05) is 0 Å². The molecule has 0 aliphatic rings. The zero-order chi connectivity index (χ0) is 7.91. The molecule has 0 amide bonds. The summed E-state index contributed by atoms with van der Waals surface area (Å²) in [6.45, 7) is 1.19. The van der Waals surface area contributed by atoms with Gasteiger partial charge in [0.05, 0.1) is 0 Å². The van der Waals surface area contributed by atoms with Crippen molar-refractivity contribution in [3.05, 3.63) is 0 Å². The van der Waals surface area contributed by atoms with Crippen LogP contribution in [0.4, 0.5) is 0 Å². The van der Waals surface area contributed by atoms with Gasteiger partial charge in [0.2, 0.25) is 0 Å². The summed E-state index contributed by atoms with van der Waals surface area (Å²) in [6, 6.07) is 0. The van der Waals surface area contributed by atoms with Gasteiger partial charge in [-0.3, -0.25) is 8.42 Å². The molecule has 11 heavy (non-hydrogen) atoms. The molecular formula is C2H12N3O4PdS. The van der Waals surface area contributed by atoms with E-state index in [1.54, 1.807) is 0 Å². The van der Waals surface area contributed by atoms with Crippen LogP contribution in [0.1, 0.15) is 0 Å². The first-order chi connectivity index (χ1) is 3.91. The van der Waals surface area contributed by atoms with Gasteiger partial charge in [0.25, 0.3) is 0 Å². The molecule has 0 atom stereocenters. The van der Waals surface area contributed by atoms with Crippen molar-refractivity contribution in [1.82, 2.24) is 6.15 Å². The van der Waals surface area contributed by atoms with E-state index in [9.17, 15) is 0 Å². The molecule has 0 saturated heterocycles. The fraction of sp³-hybridized carbons (Fsp3) is 1.00. The number of hydrogen-bond acceptors (Lipinski definition) is 6. The molecule has 1 radical (unpaired) electrons. The third-order valence-corrected chi connectivity index (χ3v) is 0.167. The number of quaternary nitrogens is 1. The van der Waals surface area contributed by atoms with E-state index >= 15 is 0 Å². The van der Waals surface area contributed by atoms with Gasteiger partial charge in [0.15, 0.2) is 0 Å². The Bertz CT molecular complexity index is 126. The second-order valence-corrected chi connectivity index (χ2v) is 1.80. The van der Waals surface area contributed by atoms with Crippen LogP contribution in [0.2, 0.25) is 0 Å². The minimum Gasteiger partial charge on any atom is -0.759 e. The van der Waals surface area contributed by atoms with Crippen LogP contribution in [-0.4, -0.2) is 30.6 Å².